The van der Waals surface area contributed by atoms with Gasteiger partial charge in [0.2, 0.25) is 5.91 Å². The Balaban J connectivity index is 1.48. The van der Waals surface area contributed by atoms with Crippen molar-refractivity contribution in [1.82, 2.24) is 4.90 Å². The Morgan fingerprint density at radius 2 is 1.93 bits per heavy atom. The van der Waals surface area contributed by atoms with Crippen molar-refractivity contribution in [2.75, 3.05) is 7.05 Å². The van der Waals surface area contributed by atoms with Gasteiger partial charge in [0.1, 0.15) is 17.1 Å². The van der Waals surface area contributed by atoms with Crippen LogP contribution in [0.15, 0.2) is 52.9 Å². The lowest BCUT2D eigenvalue weighted by atomic mass is 10.00. The molecule has 0 saturated heterocycles. The molecule has 4 rings (SSSR count). The van der Waals surface area contributed by atoms with Crippen LogP contribution in [-0.2, 0) is 11.3 Å². The molecule has 2 atom stereocenters. The minimum absolute atomic E-state index is 0.0317. The maximum atomic E-state index is 12.8. The Kier molecular flexibility index (Phi) is 4.22. The molecule has 1 aromatic heterocycles. The lowest BCUT2D eigenvalue weighted by Crippen LogP contribution is -2.27. The van der Waals surface area contributed by atoms with Gasteiger partial charge in [-0.05, 0) is 41.7 Å². The zero-order chi connectivity index (χ0) is 19.1. The number of carboxylic acids is 1. The van der Waals surface area contributed by atoms with Gasteiger partial charge in [-0.15, -0.1) is 0 Å². The summed E-state index contributed by atoms with van der Waals surface area (Å²) in [6.45, 7) is 1.89. The van der Waals surface area contributed by atoms with Crippen molar-refractivity contribution < 1.29 is 19.1 Å². The number of rotatable bonds is 5. The van der Waals surface area contributed by atoms with Gasteiger partial charge >= 0.3 is 5.97 Å². The molecule has 0 aliphatic heterocycles. The van der Waals surface area contributed by atoms with Gasteiger partial charge in [0.15, 0.2) is 0 Å². The molecule has 1 aliphatic carbocycles. The summed E-state index contributed by atoms with van der Waals surface area (Å²) in [7, 11) is 1.74. The molecular formula is C22H21NO4. The van der Waals surface area contributed by atoms with Crippen LogP contribution in [0, 0.1) is 12.8 Å². The standard InChI is InChI=1S/C22H21NO4/c1-13-18(22(25)26)10-15(27-13)12-23(2)21(24)20-11-19(20)17-9-5-7-14-6-3-4-8-16(14)17/h3-10,19-20H,11-12H2,1-2H3,(H,25,26). The topological polar surface area (TPSA) is 70.8 Å². The molecule has 1 fully saturated rings. The van der Waals surface area contributed by atoms with E-state index in [0.717, 1.165) is 6.42 Å². The van der Waals surface area contributed by atoms with E-state index in [-0.39, 0.29) is 29.9 Å². The van der Waals surface area contributed by atoms with Crippen LogP contribution in [0.3, 0.4) is 0 Å². The normalized spacial score (nSPS) is 18.4. The first-order valence-corrected chi connectivity index (χ1v) is 9.01. The van der Waals surface area contributed by atoms with Gasteiger partial charge in [-0.25, -0.2) is 4.79 Å². The van der Waals surface area contributed by atoms with Gasteiger partial charge in [0.05, 0.1) is 6.54 Å². The van der Waals surface area contributed by atoms with E-state index in [1.165, 1.54) is 22.4 Å². The Bertz CT molecular complexity index is 1030. The fourth-order valence-corrected chi connectivity index (χ4v) is 3.81. The zero-order valence-electron chi connectivity index (χ0n) is 15.3. The van der Waals surface area contributed by atoms with Crippen LogP contribution in [0.25, 0.3) is 10.8 Å². The highest BCUT2D eigenvalue weighted by molar-refractivity contribution is 5.90. The van der Waals surface area contributed by atoms with E-state index in [0.29, 0.717) is 11.5 Å². The number of aromatic carboxylic acids is 1. The van der Waals surface area contributed by atoms with Crippen LogP contribution in [-0.4, -0.2) is 28.9 Å². The van der Waals surface area contributed by atoms with Crippen molar-refractivity contribution in [3.8, 4) is 0 Å². The summed E-state index contributed by atoms with van der Waals surface area (Å²) in [5.41, 5.74) is 1.37. The van der Waals surface area contributed by atoms with Gasteiger partial charge in [0, 0.05) is 13.0 Å². The molecule has 27 heavy (non-hydrogen) atoms. The van der Waals surface area contributed by atoms with E-state index in [1.807, 2.05) is 18.2 Å². The summed E-state index contributed by atoms with van der Waals surface area (Å²) in [5, 5.41) is 11.5. The Morgan fingerprint density at radius 3 is 2.67 bits per heavy atom. The molecule has 2 unspecified atom stereocenters. The highest BCUT2D eigenvalue weighted by Gasteiger charge is 2.45. The van der Waals surface area contributed by atoms with Gasteiger partial charge < -0.3 is 14.4 Å². The maximum Gasteiger partial charge on any atom is 0.339 e. The number of carbonyl (C=O) groups is 2. The first-order valence-electron chi connectivity index (χ1n) is 9.01. The molecular weight excluding hydrogens is 342 g/mol. The summed E-state index contributed by atoms with van der Waals surface area (Å²) in [6, 6.07) is 16.0. The van der Waals surface area contributed by atoms with E-state index < -0.39 is 5.97 Å². The summed E-state index contributed by atoms with van der Waals surface area (Å²) < 4.78 is 5.49. The first-order chi connectivity index (χ1) is 13.0. The smallest absolute Gasteiger partial charge is 0.339 e. The minimum atomic E-state index is -1.02. The van der Waals surface area contributed by atoms with E-state index in [9.17, 15) is 9.59 Å². The predicted octanol–water partition coefficient (Wildman–Crippen LogP) is 4.20. The lowest BCUT2D eigenvalue weighted by molar-refractivity contribution is -0.132. The molecule has 1 aliphatic rings. The summed E-state index contributed by atoms with van der Waals surface area (Å²) >= 11 is 0. The fraction of sp³-hybridized carbons (Fsp3) is 0.273. The van der Waals surface area contributed by atoms with Crippen molar-refractivity contribution in [3.63, 3.8) is 0 Å². The number of fused-ring (bicyclic) bond motifs is 1. The summed E-state index contributed by atoms with van der Waals surface area (Å²) in [6.07, 6.45) is 0.842. The molecule has 0 spiro atoms. The van der Waals surface area contributed by atoms with E-state index in [1.54, 1.807) is 18.9 Å². The molecule has 0 bridgehead atoms. The van der Waals surface area contributed by atoms with E-state index in [4.69, 9.17) is 9.52 Å². The number of furan rings is 1. The summed E-state index contributed by atoms with van der Waals surface area (Å²) in [5.74, 6) is 0.102. The van der Waals surface area contributed by atoms with Crippen molar-refractivity contribution in [1.29, 1.82) is 0 Å². The lowest BCUT2D eigenvalue weighted by Gasteiger charge is -2.16. The van der Waals surface area contributed by atoms with Crippen LogP contribution in [0.2, 0.25) is 0 Å². The fourth-order valence-electron chi connectivity index (χ4n) is 3.81. The Morgan fingerprint density at radius 1 is 1.19 bits per heavy atom. The number of hydrogen-bond acceptors (Lipinski definition) is 3. The third-order valence-electron chi connectivity index (χ3n) is 5.30. The van der Waals surface area contributed by atoms with Gasteiger partial charge in [-0.3, -0.25) is 4.79 Å². The minimum Gasteiger partial charge on any atom is -0.478 e. The third kappa shape index (κ3) is 3.21. The second-order valence-corrected chi connectivity index (χ2v) is 7.20. The average molecular weight is 363 g/mol. The Hall–Kier alpha value is -3.08. The van der Waals surface area contributed by atoms with Crippen LogP contribution >= 0.6 is 0 Å². The molecule has 3 aromatic rings. The molecule has 1 N–H and O–H groups in total. The highest BCUT2D eigenvalue weighted by Crippen LogP contribution is 2.50. The van der Waals surface area contributed by atoms with Crippen LogP contribution < -0.4 is 0 Å². The largest absolute Gasteiger partial charge is 0.478 e. The number of aryl methyl sites for hydroxylation is 1. The van der Waals surface area contributed by atoms with Crippen LogP contribution in [0.1, 0.15) is 39.8 Å². The van der Waals surface area contributed by atoms with Gasteiger partial charge in [-0.2, -0.15) is 0 Å². The number of carboxylic acid groups (broad SMARTS) is 1. The molecule has 2 aromatic carbocycles. The van der Waals surface area contributed by atoms with Gasteiger partial charge in [0.25, 0.3) is 0 Å². The highest BCUT2D eigenvalue weighted by atomic mass is 16.4. The molecule has 138 valence electrons. The van der Waals surface area contributed by atoms with Gasteiger partial charge in [-0.1, -0.05) is 42.5 Å². The molecule has 0 radical (unpaired) electrons. The third-order valence-corrected chi connectivity index (χ3v) is 5.30. The quantitative estimate of drug-likeness (QED) is 0.737. The van der Waals surface area contributed by atoms with E-state index >= 15 is 0 Å². The molecule has 1 amide bonds. The van der Waals surface area contributed by atoms with Crippen LogP contribution in [0.4, 0.5) is 0 Å². The molecule has 5 heteroatoms. The van der Waals surface area contributed by atoms with Crippen molar-refractivity contribution in [3.05, 3.63) is 71.2 Å². The monoisotopic (exact) mass is 363 g/mol. The first kappa shape index (κ1) is 17.3. The van der Waals surface area contributed by atoms with Crippen LogP contribution in [0.5, 0.6) is 0 Å². The maximum absolute atomic E-state index is 12.8. The predicted molar refractivity (Wildman–Crippen MR) is 102 cm³/mol. The van der Waals surface area contributed by atoms with Crippen molar-refractivity contribution in [2.45, 2.75) is 25.8 Å². The SMILES string of the molecule is Cc1oc(CN(C)C(=O)C2CC2c2cccc3ccccc23)cc1C(=O)O. The summed E-state index contributed by atoms with van der Waals surface area (Å²) in [4.78, 5) is 25.6. The number of amides is 1. The van der Waals surface area contributed by atoms with Crippen molar-refractivity contribution in [2.24, 2.45) is 5.92 Å². The number of carbonyl (C=O) groups excluding carboxylic acids is 1. The molecule has 1 heterocycles. The molecule has 5 nitrogen and oxygen atoms in total. The van der Waals surface area contributed by atoms with Crippen molar-refractivity contribution >= 4 is 22.6 Å². The second-order valence-electron chi connectivity index (χ2n) is 7.20. The Labute approximate surface area is 157 Å². The zero-order valence-corrected chi connectivity index (χ0v) is 15.3. The molecule has 1 saturated carbocycles. The average Bonchev–Trinajstić information content (AvgIpc) is 3.36. The number of hydrogen-bond donors (Lipinski definition) is 1. The van der Waals surface area contributed by atoms with E-state index in [2.05, 4.69) is 24.3 Å². The second kappa shape index (κ2) is 6.58. The number of nitrogens with zero attached hydrogens (tertiary/aromatic N) is 1. The number of benzene rings is 2.